The number of H-pyrrole nitrogens is 1. The van der Waals surface area contributed by atoms with Crippen LogP contribution >= 0.6 is 11.3 Å². The summed E-state index contributed by atoms with van der Waals surface area (Å²) in [6.45, 7) is 6.37. The predicted molar refractivity (Wildman–Crippen MR) is 97.5 cm³/mol. The van der Waals surface area contributed by atoms with Gasteiger partial charge in [-0.1, -0.05) is 6.07 Å². The Kier molecular flexibility index (Phi) is 5.11. The minimum Gasteiger partial charge on any atom is -0.467 e. The lowest BCUT2D eigenvalue weighted by Gasteiger charge is -2.21. The molecule has 0 aliphatic heterocycles. The fraction of sp³-hybridized carbons (Fsp3) is 0.316. The fourth-order valence-corrected chi connectivity index (χ4v) is 3.86. The molecule has 0 aromatic carbocycles. The molecule has 0 fully saturated rings. The lowest BCUT2D eigenvalue weighted by molar-refractivity contribution is 0.0713. The molecule has 1 amide bonds. The Labute approximate surface area is 150 Å². The second-order valence-electron chi connectivity index (χ2n) is 6.16. The molecule has 0 aliphatic rings. The van der Waals surface area contributed by atoms with Gasteiger partial charge in [-0.25, -0.2) is 0 Å². The van der Waals surface area contributed by atoms with Crippen molar-refractivity contribution in [1.82, 2.24) is 9.88 Å². The summed E-state index contributed by atoms with van der Waals surface area (Å²) in [4.78, 5) is 19.2. The average Bonchev–Trinajstić information content (AvgIpc) is 3.28. The predicted octanol–water partition coefficient (Wildman–Crippen LogP) is 4.18. The molecule has 0 saturated heterocycles. The van der Waals surface area contributed by atoms with Crippen molar-refractivity contribution in [3.63, 3.8) is 0 Å². The van der Waals surface area contributed by atoms with E-state index in [1.165, 1.54) is 0 Å². The number of furan rings is 1. The zero-order valence-corrected chi connectivity index (χ0v) is 15.4. The van der Waals surface area contributed by atoms with Gasteiger partial charge in [-0.15, -0.1) is 11.3 Å². The molecule has 0 unspecified atom stereocenters. The van der Waals surface area contributed by atoms with E-state index in [0.29, 0.717) is 18.8 Å². The Balaban J connectivity index is 1.92. The summed E-state index contributed by atoms with van der Waals surface area (Å²) in [6, 6.07) is 7.67. The van der Waals surface area contributed by atoms with E-state index >= 15 is 0 Å². The van der Waals surface area contributed by atoms with Gasteiger partial charge in [0.25, 0.3) is 5.91 Å². The summed E-state index contributed by atoms with van der Waals surface area (Å²) < 4.78 is 5.43. The smallest absolute Gasteiger partial charge is 0.271 e. The summed E-state index contributed by atoms with van der Waals surface area (Å²) in [6.07, 6.45) is 0.993. The highest BCUT2D eigenvalue weighted by molar-refractivity contribution is 7.09. The van der Waals surface area contributed by atoms with Crippen molar-refractivity contribution < 1.29 is 14.3 Å². The van der Waals surface area contributed by atoms with Gasteiger partial charge in [0.1, 0.15) is 11.5 Å². The highest BCUT2D eigenvalue weighted by Gasteiger charge is 2.25. The van der Waals surface area contributed by atoms with Crippen molar-refractivity contribution in [2.45, 2.75) is 40.0 Å². The molecular weight excluding hydrogens is 336 g/mol. The molecule has 5 nitrogen and oxygen atoms in total. The summed E-state index contributed by atoms with van der Waals surface area (Å²) in [5.74, 6) is 0.638. The number of rotatable bonds is 6. The van der Waals surface area contributed by atoms with Crippen LogP contribution in [0.1, 0.15) is 51.0 Å². The molecule has 3 aromatic rings. The molecule has 132 valence electrons. The van der Waals surface area contributed by atoms with Gasteiger partial charge in [-0.05, 0) is 49.9 Å². The van der Waals surface area contributed by atoms with Crippen LogP contribution in [0.15, 0.2) is 40.3 Å². The maximum absolute atomic E-state index is 13.2. The van der Waals surface area contributed by atoms with E-state index in [0.717, 1.165) is 27.5 Å². The van der Waals surface area contributed by atoms with Gasteiger partial charge in [0.05, 0.1) is 25.5 Å². The maximum atomic E-state index is 13.2. The van der Waals surface area contributed by atoms with Crippen molar-refractivity contribution in [3.8, 4) is 0 Å². The minimum absolute atomic E-state index is 0.0997. The molecule has 2 N–H and O–H groups in total. The van der Waals surface area contributed by atoms with Crippen LogP contribution in [0.4, 0.5) is 0 Å². The molecule has 3 rings (SSSR count). The van der Waals surface area contributed by atoms with E-state index < -0.39 is 6.10 Å². The lowest BCUT2D eigenvalue weighted by Crippen LogP contribution is -2.30. The first kappa shape index (κ1) is 17.5. The van der Waals surface area contributed by atoms with Crippen LogP contribution in [-0.2, 0) is 13.1 Å². The van der Waals surface area contributed by atoms with Crippen LogP contribution in [0.25, 0.3) is 0 Å². The van der Waals surface area contributed by atoms with Gasteiger partial charge in [0, 0.05) is 16.1 Å². The van der Waals surface area contributed by atoms with Gasteiger partial charge >= 0.3 is 0 Å². The van der Waals surface area contributed by atoms with Crippen LogP contribution in [0.3, 0.4) is 0 Å². The highest BCUT2D eigenvalue weighted by Crippen LogP contribution is 2.26. The number of carbonyl (C=O) groups excluding carboxylic acids is 1. The molecule has 6 heteroatoms. The van der Waals surface area contributed by atoms with Crippen LogP contribution in [-0.4, -0.2) is 20.9 Å². The number of aromatic nitrogens is 1. The van der Waals surface area contributed by atoms with Gasteiger partial charge in [0.2, 0.25) is 0 Å². The Bertz CT molecular complexity index is 796. The molecular formula is C19H22N2O3S. The Hall–Kier alpha value is -2.31. The summed E-state index contributed by atoms with van der Waals surface area (Å²) in [7, 11) is 0. The van der Waals surface area contributed by atoms with Crippen LogP contribution in [0.2, 0.25) is 0 Å². The van der Waals surface area contributed by atoms with Crippen molar-refractivity contribution >= 4 is 17.2 Å². The second-order valence-corrected chi connectivity index (χ2v) is 7.19. The number of aromatic amines is 1. The van der Waals surface area contributed by atoms with Gasteiger partial charge in [0.15, 0.2) is 0 Å². The van der Waals surface area contributed by atoms with E-state index in [9.17, 15) is 9.90 Å². The van der Waals surface area contributed by atoms with Gasteiger partial charge in [-0.3, -0.25) is 4.79 Å². The van der Waals surface area contributed by atoms with Gasteiger partial charge < -0.3 is 19.4 Å². The standard InChI is InChI=1S/C19H22N2O3S/c1-12-17(14(3)22)13(2)20-18(12)19(23)21(10-15-6-4-8-24-15)11-16-7-5-9-25-16/h4-9,14,20,22H,10-11H2,1-3H3/t14-/m1/s1. The molecule has 0 bridgehead atoms. The molecule has 0 spiro atoms. The average molecular weight is 358 g/mol. The Morgan fingerprint density at radius 1 is 1.32 bits per heavy atom. The van der Waals surface area contributed by atoms with E-state index in [1.807, 2.05) is 43.5 Å². The van der Waals surface area contributed by atoms with E-state index in [2.05, 4.69) is 4.98 Å². The maximum Gasteiger partial charge on any atom is 0.271 e. The number of nitrogens with zero attached hydrogens (tertiary/aromatic N) is 1. The first-order valence-electron chi connectivity index (χ1n) is 8.18. The Morgan fingerprint density at radius 2 is 2.12 bits per heavy atom. The topological polar surface area (TPSA) is 69.5 Å². The number of hydrogen-bond acceptors (Lipinski definition) is 4. The van der Waals surface area contributed by atoms with Crippen LogP contribution in [0, 0.1) is 13.8 Å². The number of amides is 1. The number of carbonyl (C=O) groups is 1. The van der Waals surface area contributed by atoms with Crippen molar-refractivity contribution in [2.24, 2.45) is 0 Å². The monoisotopic (exact) mass is 358 g/mol. The van der Waals surface area contributed by atoms with Crippen LogP contribution < -0.4 is 0 Å². The van der Waals surface area contributed by atoms with Crippen molar-refractivity contribution in [3.05, 3.63) is 69.1 Å². The van der Waals surface area contributed by atoms with Crippen molar-refractivity contribution in [2.75, 3.05) is 0 Å². The lowest BCUT2D eigenvalue weighted by atomic mass is 10.1. The molecule has 25 heavy (non-hydrogen) atoms. The minimum atomic E-state index is -0.617. The third kappa shape index (κ3) is 3.70. The number of aryl methyl sites for hydroxylation is 1. The second kappa shape index (κ2) is 7.29. The third-order valence-corrected chi connectivity index (χ3v) is 5.13. The fourth-order valence-electron chi connectivity index (χ4n) is 3.14. The summed E-state index contributed by atoms with van der Waals surface area (Å²) >= 11 is 1.62. The zero-order chi connectivity index (χ0) is 18.0. The molecule has 1 atom stereocenters. The van der Waals surface area contributed by atoms with Gasteiger partial charge in [-0.2, -0.15) is 0 Å². The number of hydrogen-bond donors (Lipinski definition) is 2. The van der Waals surface area contributed by atoms with Crippen LogP contribution in [0.5, 0.6) is 0 Å². The summed E-state index contributed by atoms with van der Waals surface area (Å²) in [5, 5.41) is 12.0. The summed E-state index contributed by atoms with van der Waals surface area (Å²) in [5.41, 5.74) is 2.94. The molecule has 3 heterocycles. The zero-order valence-electron chi connectivity index (χ0n) is 14.6. The van der Waals surface area contributed by atoms with E-state index in [1.54, 1.807) is 29.4 Å². The first-order valence-corrected chi connectivity index (χ1v) is 9.06. The number of aliphatic hydroxyl groups is 1. The normalized spacial score (nSPS) is 12.3. The quantitative estimate of drug-likeness (QED) is 0.694. The first-order chi connectivity index (χ1) is 12.0. The molecule has 3 aromatic heterocycles. The molecule has 0 saturated carbocycles. The van der Waals surface area contributed by atoms with Crippen molar-refractivity contribution in [1.29, 1.82) is 0 Å². The molecule has 0 aliphatic carbocycles. The largest absolute Gasteiger partial charge is 0.467 e. The third-order valence-electron chi connectivity index (χ3n) is 4.27. The van der Waals surface area contributed by atoms with E-state index in [4.69, 9.17) is 4.42 Å². The SMILES string of the molecule is Cc1[nH]c(C(=O)N(Cc2ccco2)Cc2cccs2)c(C)c1[C@@H](C)O. The van der Waals surface area contributed by atoms with E-state index in [-0.39, 0.29) is 5.91 Å². The number of aliphatic hydroxyl groups excluding tert-OH is 1. The number of nitrogens with one attached hydrogen (secondary N) is 1. The molecule has 0 radical (unpaired) electrons. The highest BCUT2D eigenvalue weighted by atomic mass is 32.1. The Morgan fingerprint density at radius 3 is 2.68 bits per heavy atom. The number of thiophene rings is 1.